The molecular formula is C12H8BrF4N3O. The van der Waals surface area contributed by atoms with Gasteiger partial charge in [0.25, 0.3) is 0 Å². The summed E-state index contributed by atoms with van der Waals surface area (Å²) in [4.78, 5) is 11.7. The lowest BCUT2D eigenvalue weighted by Crippen LogP contribution is -2.21. The summed E-state index contributed by atoms with van der Waals surface area (Å²) in [5.74, 6) is -7.41. The Morgan fingerprint density at radius 1 is 1.29 bits per heavy atom. The minimum atomic E-state index is -1.67. The van der Waals surface area contributed by atoms with Crippen molar-refractivity contribution in [1.29, 1.82) is 0 Å². The van der Waals surface area contributed by atoms with E-state index in [0.29, 0.717) is 10.2 Å². The molecule has 2 rings (SSSR count). The van der Waals surface area contributed by atoms with Crippen LogP contribution in [0.3, 0.4) is 0 Å². The van der Waals surface area contributed by atoms with Crippen molar-refractivity contribution in [3.05, 3.63) is 45.7 Å². The van der Waals surface area contributed by atoms with Gasteiger partial charge in [-0.1, -0.05) is 0 Å². The number of benzene rings is 1. The fourth-order valence-corrected chi connectivity index (χ4v) is 1.90. The molecule has 0 saturated heterocycles. The van der Waals surface area contributed by atoms with Crippen LogP contribution in [0.15, 0.2) is 16.7 Å². The number of carbonyl (C=O) groups excluding carboxylic acids is 1. The number of hydrogen-bond donors (Lipinski definition) is 1. The van der Waals surface area contributed by atoms with Gasteiger partial charge in [-0.25, -0.2) is 17.6 Å². The van der Waals surface area contributed by atoms with Gasteiger partial charge in [0.05, 0.1) is 10.2 Å². The Hall–Kier alpha value is -1.90. The fraction of sp³-hybridized carbons (Fsp3) is 0.167. The van der Waals surface area contributed by atoms with Crippen molar-refractivity contribution in [3.8, 4) is 0 Å². The van der Waals surface area contributed by atoms with Crippen LogP contribution >= 0.6 is 15.9 Å². The Bertz CT molecular complexity index is 671. The number of anilines is 1. The van der Waals surface area contributed by atoms with E-state index < -0.39 is 34.9 Å². The zero-order valence-electron chi connectivity index (χ0n) is 10.6. The third kappa shape index (κ3) is 3.23. The first-order valence-electron chi connectivity index (χ1n) is 5.62. The largest absolute Gasteiger partial charge is 0.319 e. The molecule has 0 fully saturated rings. The second-order valence-corrected chi connectivity index (χ2v) is 5.01. The molecule has 0 aliphatic heterocycles. The minimum absolute atomic E-state index is 0.0638. The fourth-order valence-electron chi connectivity index (χ4n) is 1.58. The van der Waals surface area contributed by atoms with E-state index in [-0.39, 0.29) is 12.6 Å². The summed E-state index contributed by atoms with van der Waals surface area (Å²) < 4.78 is 54.6. The van der Waals surface area contributed by atoms with E-state index in [0.717, 1.165) is 0 Å². The zero-order chi connectivity index (χ0) is 15.7. The summed E-state index contributed by atoms with van der Waals surface area (Å²) in [6, 6.07) is 0.0638. The Morgan fingerprint density at radius 3 is 2.33 bits per heavy atom. The molecule has 1 heterocycles. The summed E-state index contributed by atoms with van der Waals surface area (Å²) in [5, 5.41) is 5.74. The molecule has 112 valence electrons. The van der Waals surface area contributed by atoms with Crippen LogP contribution in [0.1, 0.15) is 5.69 Å². The second-order valence-electron chi connectivity index (χ2n) is 4.15. The van der Waals surface area contributed by atoms with E-state index in [4.69, 9.17) is 0 Å². The molecule has 0 saturated carbocycles. The lowest BCUT2D eigenvalue weighted by Gasteiger charge is -2.09. The maximum Gasteiger partial charge on any atom is 0.246 e. The monoisotopic (exact) mass is 365 g/mol. The SMILES string of the molecule is Cc1nn(CC(=O)Nc2c(F)c(F)cc(F)c2F)cc1Br. The summed E-state index contributed by atoms with van der Waals surface area (Å²) >= 11 is 3.18. The molecule has 1 N–H and O–H groups in total. The van der Waals surface area contributed by atoms with Crippen LogP contribution in [0.5, 0.6) is 0 Å². The number of nitrogens with one attached hydrogen (secondary N) is 1. The smallest absolute Gasteiger partial charge is 0.246 e. The molecule has 1 amide bonds. The first-order chi connectivity index (χ1) is 9.79. The van der Waals surface area contributed by atoms with Crippen molar-refractivity contribution < 1.29 is 22.4 Å². The highest BCUT2D eigenvalue weighted by atomic mass is 79.9. The van der Waals surface area contributed by atoms with Crippen molar-refractivity contribution in [2.75, 3.05) is 5.32 Å². The van der Waals surface area contributed by atoms with Crippen molar-refractivity contribution in [3.63, 3.8) is 0 Å². The predicted molar refractivity (Wildman–Crippen MR) is 69.6 cm³/mol. The molecule has 1 aromatic heterocycles. The van der Waals surface area contributed by atoms with Gasteiger partial charge < -0.3 is 5.32 Å². The average Bonchev–Trinajstić information content (AvgIpc) is 2.71. The quantitative estimate of drug-likeness (QED) is 0.670. The number of nitrogens with zero attached hydrogens (tertiary/aromatic N) is 2. The van der Waals surface area contributed by atoms with Gasteiger partial charge >= 0.3 is 0 Å². The summed E-state index contributed by atoms with van der Waals surface area (Å²) in [6.07, 6.45) is 1.48. The van der Waals surface area contributed by atoms with Gasteiger partial charge in [-0.05, 0) is 22.9 Å². The van der Waals surface area contributed by atoms with Gasteiger partial charge in [0, 0.05) is 12.3 Å². The second kappa shape index (κ2) is 5.84. The first-order valence-corrected chi connectivity index (χ1v) is 6.41. The van der Waals surface area contributed by atoms with Crippen molar-refractivity contribution in [2.45, 2.75) is 13.5 Å². The number of halogens is 5. The van der Waals surface area contributed by atoms with Crippen LogP contribution < -0.4 is 5.32 Å². The molecule has 0 radical (unpaired) electrons. The number of aryl methyl sites for hydroxylation is 1. The number of hydrogen-bond acceptors (Lipinski definition) is 2. The Balaban J connectivity index is 2.20. The van der Waals surface area contributed by atoms with Crippen LogP contribution in [0.25, 0.3) is 0 Å². The normalized spacial score (nSPS) is 10.8. The van der Waals surface area contributed by atoms with Crippen LogP contribution in [0.4, 0.5) is 23.2 Å². The molecule has 1 aromatic carbocycles. The van der Waals surface area contributed by atoms with Gasteiger partial charge in [0.2, 0.25) is 5.91 Å². The molecule has 0 bridgehead atoms. The van der Waals surface area contributed by atoms with Gasteiger partial charge in [-0.15, -0.1) is 0 Å². The number of aromatic nitrogens is 2. The Labute approximate surface area is 124 Å². The number of amides is 1. The molecule has 0 spiro atoms. The van der Waals surface area contributed by atoms with Crippen LogP contribution in [-0.4, -0.2) is 15.7 Å². The molecule has 0 aliphatic carbocycles. The van der Waals surface area contributed by atoms with Crippen molar-refractivity contribution >= 4 is 27.5 Å². The van der Waals surface area contributed by atoms with Crippen LogP contribution in [0.2, 0.25) is 0 Å². The molecule has 4 nitrogen and oxygen atoms in total. The predicted octanol–water partition coefficient (Wildman–Crippen LogP) is 3.15. The zero-order valence-corrected chi connectivity index (χ0v) is 12.1. The average molecular weight is 366 g/mol. The van der Waals surface area contributed by atoms with E-state index in [1.54, 1.807) is 12.2 Å². The standard InChI is InChI=1S/C12H8BrF4N3O/c1-5-6(13)3-20(19-5)4-9(21)18-12-10(16)7(14)2-8(15)11(12)17/h2-3H,4H2,1H3,(H,18,21). The molecule has 9 heteroatoms. The van der Waals surface area contributed by atoms with Gasteiger partial charge in [-0.3, -0.25) is 9.48 Å². The molecular weight excluding hydrogens is 358 g/mol. The molecule has 0 atom stereocenters. The topological polar surface area (TPSA) is 46.9 Å². The van der Waals surface area contributed by atoms with E-state index in [9.17, 15) is 22.4 Å². The Morgan fingerprint density at radius 2 is 1.86 bits per heavy atom. The van der Waals surface area contributed by atoms with Gasteiger partial charge in [-0.2, -0.15) is 5.10 Å². The minimum Gasteiger partial charge on any atom is -0.319 e. The highest BCUT2D eigenvalue weighted by molar-refractivity contribution is 9.10. The molecule has 21 heavy (non-hydrogen) atoms. The molecule has 0 unspecified atom stereocenters. The number of rotatable bonds is 3. The Kier molecular flexibility index (Phi) is 4.31. The first kappa shape index (κ1) is 15.5. The summed E-state index contributed by atoms with van der Waals surface area (Å²) in [7, 11) is 0. The molecule has 0 aliphatic rings. The maximum atomic E-state index is 13.4. The van der Waals surface area contributed by atoms with Crippen molar-refractivity contribution in [2.24, 2.45) is 0 Å². The third-order valence-electron chi connectivity index (χ3n) is 2.57. The van der Waals surface area contributed by atoms with E-state index in [2.05, 4.69) is 21.0 Å². The summed E-state index contributed by atoms with van der Waals surface area (Å²) in [5.41, 5.74) is -0.558. The van der Waals surface area contributed by atoms with Crippen molar-refractivity contribution in [1.82, 2.24) is 9.78 Å². The molecule has 2 aromatic rings. The van der Waals surface area contributed by atoms with E-state index in [1.807, 2.05) is 0 Å². The lowest BCUT2D eigenvalue weighted by atomic mass is 10.2. The highest BCUT2D eigenvalue weighted by Crippen LogP contribution is 2.24. The highest BCUT2D eigenvalue weighted by Gasteiger charge is 2.21. The third-order valence-corrected chi connectivity index (χ3v) is 3.35. The lowest BCUT2D eigenvalue weighted by molar-refractivity contribution is -0.117. The van der Waals surface area contributed by atoms with Crippen LogP contribution in [0, 0.1) is 30.2 Å². The van der Waals surface area contributed by atoms with E-state index in [1.165, 1.54) is 10.9 Å². The maximum absolute atomic E-state index is 13.4. The van der Waals surface area contributed by atoms with Gasteiger partial charge in [0.15, 0.2) is 23.3 Å². The van der Waals surface area contributed by atoms with E-state index >= 15 is 0 Å². The van der Waals surface area contributed by atoms with Crippen LogP contribution in [-0.2, 0) is 11.3 Å². The number of carbonyl (C=O) groups is 1. The van der Waals surface area contributed by atoms with Gasteiger partial charge in [0.1, 0.15) is 12.2 Å². The summed E-state index contributed by atoms with van der Waals surface area (Å²) in [6.45, 7) is 1.31.